The molecule has 0 bridgehead atoms. The molecule has 1 aliphatic rings. The van der Waals surface area contributed by atoms with Crippen LogP contribution in [0.2, 0.25) is 0 Å². The van der Waals surface area contributed by atoms with Crippen LogP contribution in [0.1, 0.15) is 20.1 Å². The van der Waals surface area contributed by atoms with Gasteiger partial charge in [0.25, 0.3) is 0 Å². The summed E-state index contributed by atoms with van der Waals surface area (Å²) in [6, 6.07) is 1.50. The third-order valence-corrected chi connectivity index (χ3v) is 3.91. The summed E-state index contributed by atoms with van der Waals surface area (Å²) in [5.74, 6) is 0.901. The summed E-state index contributed by atoms with van der Waals surface area (Å²) < 4.78 is 11.8. The smallest absolute Gasteiger partial charge is 0.412 e. The van der Waals surface area contributed by atoms with Gasteiger partial charge < -0.3 is 14.6 Å². The Balaban J connectivity index is 1.98. The van der Waals surface area contributed by atoms with Gasteiger partial charge in [-0.05, 0) is 12.0 Å². The van der Waals surface area contributed by atoms with Crippen LogP contribution in [-0.4, -0.2) is 45.2 Å². The first kappa shape index (κ1) is 16.8. The maximum atomic E-state index is 12.0. The van der Waals surface area contributed by atoms with Crippen LogP contribution in [0.25, 0.3) is 0 Å². The number of ether oxygens (including phenoxy) is 2. The Hall–Kier alpha value is -1.58. The van der Waals surface area contributed by atoms with Crippen LogP contribution in [-0.2, 0) is 9.47 Å². The molecule has 2 atom stereocenters. The highest BCUT2D eigenvalue weighted by molar-refractivity contribution is 8.00. The van der Waals surface area contributed by atoms with Crippen molar-refractivity contribution in [3.63, 3.8) is 0 Å². The lowest BCUT2D eigenvalue weighted by molar-refractivity contribution is -0.00629. The first-order valence-corrected chi connectivity index (χ1v) is 7.95. The van der Waals surface area contributed by atoms with Crippen LogP contribution in [0.5, 0.6) is 0 Å². The van der Waals surface area contributed by atoms with Crippen LogP contribution in [0.4, 0.5) is 10.6 Å². The molecule has 0 spiro atoms. The lowest BCUT2D eigenvalue weighted by Gasteiger charge is -2.14. The average molecular weight is 329 g/mol. The molecular formula is C13H19N3O5S. The van der Waals surface area contributed by atoms with E-state index in [4.69, 9.17) is 14.6 Å². The van der Waals surface area contributed by atoms with Crippen LogP contribution in [0, 0.1) is 5.92 Å². The number of aromatic nitrogens is 2. The Bertz CT molecular complexity index is 577. The molecule has 2 heterocycles. The number of carbonyl (C=O) groups is 1. The molecule has 2 rings (SSSR count). The molecule has 0 aromatic carbocycles. The Morgan fingerprint density at radius 3 is 3.05 bits per heavy atom. The first-order chi connectivity index (χ1) is 10.5. The number of nitrogens with one attached hydrogen (secondary N) is 1. The number of aliphatic hydroxyl groups is 1. The zero-order valence-corrected chi connectivity index (χ0v) is 13.2. The second kappa shape index (κ2) is 7.61. The van der Waals surface area contributed by atoms with Crippen LogP contribution < -0.4 is 11.0 Å². The van der Waals surface area contributed by atoms with Crippen molar-refractivity contribution in [3.05, 3.63) is 22.7 Å². The number of hydrogen-bond acceptors (Lipinski definition) is 7. The molecule has 0 aliphatic carbocycles. The number of anilines is 1. The molecule has 9 heteroatoms. The SMILES string of the molecule is CC(C)COC(=O)Nc1ccn([C@@H]2CS[C@H](CO)O2)c(=O)n1. The first-order valence-electron chi connectivity index (χ1n) is 6.90. The van der Waals surface area contributed by atoms with Crippen molar-refractivity contribution in [1.29, 1.82) is 0 Å². The van der Waals surface area contributed by atoms with Crippen LogP contribution in [0.3, 0.4) is 0 Å². The van der Waals surface area contributed by atoms with E-state index in [1.807, 2.05) is 13.8 Å². The highest BCUT2D eigenvalue weighted by Crippen LogP contribution is 2.30. The molecule has 0 unspecified atom stereocenters. The van der Waals surface area contributed by atoms with Gasteiger partial charge in [0.2, 0.25) is 0 Å². The van der Waals surface area contributed by atoms with Gasteiger partial charge in [-0.2, -0.15) is 4.98 Å². The predicted octanol–water partition coefficient (Wildman–Crippen LogP) is 1.03. The van der Waals surface area contributed by atoms with Gasteiger partial charge in [0.1, 0.15) is 17.5 Å². The molecular weight excluding hydrogens is 310 g/mol. The third-order valence-electron chi connectivity index (χ3n) is 2.80. The van der Waals surface area contributed by atoms with Crippen molar-refractivity contribution in [2.75, 3.05) is 24.3 Å². The summed E-state index contributed by atoms with van der Waals surface area (Å²) in [5.41, 5.74) is -0.869. The fraction of sp³-hybridized carbons (Fsp3) is 0.615. The van der Waals surface area contributed by atoms with Crippen molar-refractivity contribution in [2.24, 2.45) is 5.92 Å². The van der Waals surface area contributed by atoms with E-state index in [1.165, 1.54) is 28.6 Å². The standard InChI is InChI=1S/C13H19N3O5S/c1-8(2)6-20-13(19)15-9-3-4-16(12(18)14-9)10-7-22-11(5-17)21-10/h3-4,8,10-11,17H,5-7H2,1-2H3,(H,14,15,18,19)/t10-,11+/m0/s1. The number of amides is 1. The van der Waals surface area contributed by atoms with E-state index in [-0.39, 0.29) is 23.8 Å². The van der Waals surface area contributed by atoms with Crippen molar-refractivity contribution in [1.82, 2.24) is 9.55 Å². The van der Waals surface area contributed by atoms with Crippen molar-refractivity contribution in [2.45, 2.75) is 25.5 Å². The van der Waals surface area contributed by atoms with Gasteiger partial charge in [-0.1, -0.05) is 13.8 Å². The molecule has 22 heavy (non-hydrogen) atoms. The summed E-state index contributed by atoms with van der Waals surface area (Å²) in [5, 5.41) is 11.4. The van der Waals surface area contributed by atoms with E-state index in [2.05, 4.69) is 10.3 Å². The minimum absolute atomic E-state index is 0.106. The van der Waals surface area contributed by atoms with E-state index in [0.717, 1.165) is 0 Å². The van der Waals surface area contributed by atoms with E-state index in [9.17, 15) is 9.59 Å². The predicted molar refractivity (Wildman–Crippen MR) is 81.8 cm³/mol. The average Bonchev–Trinajstić information content (AvgIpc) is 2.94. The highest BCUT2D eigenvalue weighted by atomic mass is 32.2. The maximum absolute atomic E-state index is 12.0. The van der Waals surface area contributed by atoms with Crippen molar-refractivity contribution < 1.29 is 19.4 Å². The van der Waals surface area contributed by atoms with Crippen LogP contribution in [0.15, 0.2) is 17.1 Å². The summed E-state index contributed by atoms with van der Waals surface area (Å²) >= 11 is 1.43. The molecule has 1 fully saturated rings. The van der Waals surface area contributed by atoms with Crippen LogP contribution >= 0.6 is 11.8 Å². The van der Waals surface area contributed by atoms with Gasteiger partial charge in [0.05, 0.1) is 13.2 Å². The Morgan fingerprint density at radius 2 is 2.45 bits per heavy atom. The number of hydrogen-bond donors (Lipinski definition) is 2. The Morgan fingerprint density at radius 1 is 1.68 bits per heavy atom. The van der Waals surface area contributed by atoms with Gasteiger partial charge in [-0.15, -0.1) is 11.8 Å². The number of nitrogens with zero attached hydrogens (tertiary/aromatic N) is 2. The normalized spacial score (nSPS) is 21.1. The summed E-state index contributed by atoms with van der Waals surface area (Å²) in [4.78, 5) is 27.3. The maximum Gasteiger partial charge on any atom is 0.412 e. The van der Waals surface area contributed by atoms with Gasteiger partial charge in [-0.3, -0.25) is 9.88 Å². The van der Waals surface area contributed by atoms with E-state index < -0.39 is 18.0 Å². The molecule has 0 saturated carbocycles. The summed E-state index contributed by atoms with van der Waals surface area (Å²) in [7, 11) is 0. The number of rotatable bonds is 5. The Labute approximate surface area is 131 Å². The Kier molecular flexibility index (Phi) is 5.81. The van der Waals surface area contributed by atoms with Gasteiger partial charge >= 0.3 is 11.8 Å². The number of thioether (sulfide) groups is 1. The van der Waals surface area contributed by atoms with Crippen molar-refractivity contribution in [3.8, 4) is 0 Å². The summed E-state index contributed by atoms with van der Waals surface area (Å²) in [6.45, 7) is 4.03. The molecule has 1 amide bonds. The number of carbonyl (C=O) groups excluding carboxylic acids is 1. The largest absolute Gasteiger partial charge is 0.449 e. The zero-order valence-electron chi connectivity index (χ0n) is 12.4. The molecule has 1 aromatic heterocycles. The lowest BCUT2D eigenvalue weighted by atomic mass is 10.2. The fourth-order valence-corrected chi connectivity index (χ4v) is 2.70. The van der Waals surface area contributed by atoms with Crippen molar-refractivity contribution >= 4 is 23.7 Å². The number of aliphatic hydroxyl groups excluding tert-OH is 1. The second-order valence-corrected chi connectivity index (χ2v) is 6.35. The molecule has 8 nitrogen and oxygen atoms in total. The fourth-order valence-electron chi connectivity index (χ4n) is 1.77. The monoisotopic (exact) mass is 329 g/mol. The van der Waals surface area contributed by atoms with Gasteiger partial charge in [-0.25, -0.2) is 9.59 Å². The zero-order chi connectivity index (χ0) is 16.1. The molecule has 122 valence electrons. The molecule has 2 N–H and O–H groups in total. The topological polar surface area (TPSA) is 103 Å². The van der Waals surface area contributed by atoms with Gasteiger partial charge in [0, 0.05) is 11.9 Å². The van der Waals surface area contributed by atoms with E-state index in [0.29, 0.717) is 12.4 Å². The minimum atomic E-state index is -0.647. The molecule has 1 aromatic rings. The molecule has 1 saturated heterocycles. The molecule has 1 aliphatic heterocycles. The summed E-state index contributed by atoms with van der Waals surface area (Å²) in [6.07, 6.45) is 0.383. The van der Waals surface area contributed by atoms with E-state index in [1.54, 1.807) is 0 Å². The van der Waals surface area contributed by atoms with E-state index >= 15 is 0 Å². The molecule has 0 radical (unpaired) electrons. The lowest BCUT2D eigenvalue weighted by Crippen LogP contribution is -2.29. The minimum Gasteiger partial charge on any atom is -0.449 e. The second-order valence-electron chi connectivity index (χ2n) is 5.16. The highest BCUT2D eigenvalue weighted by Gasteiger charge is 2.27. The van der Waals surface area contributed by atoms with Gasteiger partial charge in [0.15, 0.2) is 0 Å². The quantitative estimate of drug-likeness (QED) is 0.831. The third kappa shape index (κ3) is 4.46.